The lowest BCUT2D eigenvalue weighted by molar-refractivity contribution is 0.278. The molecule has 1 nitrogen and oxygen atoms in total. The lowest BCUT2D eigenvalue weighted by Gasteiger charge is -2.28. The van der Waals surface area contributed by atoms with Gasteiger partial charge in [0.05, 0.1) is 0 Å². The Morgan fingerprint density at radius 1 is 1.00 bits per heavy atom. The van der Waals surface area contributed by atoms with Crippen LogP contribution in [0, 0.1) is 18.8 Å². The molecule has 1 unspecified atom stereocenters. The van der Waals surface area contributed by atoms with Crippen molar-refractivity contribution in [2.45, 2.75) is 71.8 Å². The lowest BCUT2D eigenvalue weighted by Crippen LogP contribution is -2.33. The molecule has 1 N–H and O–H groups in total. The summed E-state index contributed by atoms with van der Waals surface area (Å²) in [6, 6.07) is 9.77. The fraction of sp³-hybridized carbons (Fsp3) is 0.700. The van der Waals surface area contributed by atoms with E-state index in [9.17, 15) is 0 Å². The molecule has 0 aliphatic heterocycles. The summed E-state index contributed by atoms with van der Waals surface area (Å²) < 4.78 is 0. The van der Waals surface area contributed by atoms with Gasteiger partial charge in [-0.25, -0.2) is 0 Å². The van der Waals surface area contributed by atoms with Crippen molar-refractivity contribution in [1.82, 2.24) is 5.32 Å². The quantitative estimate of drug-likeness (QED) is 0.716. The highest BCUT2D eigenvalue weighted by molar-refractivity contribution is 5.21. The Kier molecular flexibility index (Phi) is 6.76. The molecule has 118 valence electrons. The molecule has 1 aliphatic carbocycles. The molecule has 0 spiro atoms. The fourth-order valence-corrected chi connectivity index (χ4v) is 3.60. The zero-order valence-electron chi connectivity index (χ0n) is 14.2. The summed E-state index contributed by atoms with van der Waals surface area (Å²) in [6.45, 7) is 7.87. The molecule has 0 bridgehead atoms. The van der Waals surface area contributed by atoms with Gasteiger partial charge in [0, 0.05) is 6.04 Å². The normalized spacial score (nSPS) is 18.7. The molecule has 21 heavy (non-hydrogen) atoms. The van der Waals surface area contributed by atoms with Crippen LogP contribution in [0.4, 0.5) is 0 Å². The van der Waals surface area contributed by atoms with Crippen molar-refractivity contribution in [1.29, 1.82) is 0 Å². The largest absolute Gasteiger partial charge is 0.314 e. The van der Waals surface area contributed by atoms with E-state index in [0.717, 1.165) is 11.8 Å². The molecule has 1 heteroatoms. The minimum atomic E-state index is 0.594. The second-order valence-electron chi connectivity index (χ2n) is 7.26. The molecule has 2 rings (SSSR count). The molecular weight excluding hydrogens is 254 g/mol. The Labute approximate surface area is 131 Å². The van der Waals surface area contributed by atoms with Gasteiger partial charge in [0.15, 0.2) is 0 Å². The van der Waals surface area contributed by atoms with Crippen LogP contribution < -0.4 is 5.32 Å². The van der Waals surface area contributed by atoms with E-state index >= 15 is 0 Å². The highest BCUT2D eigenvalue weighted by Gasteiger charge is 2.23. The maximum Gasteiger partial charge on any atom is 0.00104 e. The molecule has 1 aromatic rings. The van der Waals surface area contributed by atoms with E-state index < -0.39 is 0 Å². The van der Waals surface area contributed by atoms with Crippen LogP contribution in [-0.2, 0) is 6.42 Å². The van der Waals surface area contributed by atoms with Crippen molar-refractivity contribution < 1.29 is 0 Å². The van der Waals surface area contributed by atoms with Crippen LogP contribution in [0.15, 0.2) is 24.3 Å². The standard InChI is InChI=1S/C20H33N/c1-16(2)21-15-20(19-8-6-4-5-7-9-19)14-18-12-10-17(3)11-13-18/h10-13,16,19-21H,4-9,14-15H2,1-3H3. The monoisotopic (exact) mass is 287 g/mol. The van der Waals surface area contributed by atoms with Crippen LogP contribution in [0.5, 0.6) is 0 Å². The summed E-state index contributed by atoms with van der Waals surface area (Å²) >= 11 is 0. The molecule has 1 aromatic carbocycles. The Balaban J connectivity index is 2.01. The third-order valence-electron chi connectivity index (χ3n) is 4.97. The Hall–Kier alpha value is -0.820. The Bertz CT molecular complexity index is 385. The first-order valence-corrected chi connectivity index (χ1v) is 8.94. The smallest absolute Gasteiger partial charge is 0.00104 e. The van der Waals surface area contributed by atoms with Gasteiger partial charge < -0.3 is 5.32 Å². The van der Waals surface area contributed by atoms with Gasteiger partial charge >= 0.3 is 0 Å². The summed E-state index contributed by atoms with van der Waals surface area (Å²) in [6.07, 6.45) is 9.90. The average molecular weight is 287 g/mol. The van der Waals surface area contributed by atoms with Gasteiger partial charge in [-0.1, -0.05) is 82.2 Å². The van der Waals surface area contributed by atoms with E-state index in [1.165, 1.54) is 62.6 Å². The Morgan fingerprint density at radius 2 is 1.62 bits per heavy atom. The van der Waals surface area contributed by atoms with E-state index in [2.05, 4.69) is 50.4 Å². The summed E-state index contributed by atoms with van der Waals surface area (Å²) in [4.78, 5) is 0. The van der Waals surface area contributed by atoms with Crippen LogP contribution in [0.25, 0.3) is 0 Å². The second-order valence-corrected chi connectivity index (χ2v) is 7.26. The topological polar surface area (TPSA) is 12.0 Å². The maximum absolute atomic E-state index is 3.69. The van der Waals surface area contributed by atoms with E-state index in [-0.39, 0.29) is 0 Å². The predicted octanol–water partition coefficient (Wildman–Crippen LogP) is 5.12. The average Bonchev–Trinajstić information content (AvgIpc) is 2.74. The molecular formula is C20H33N. The second kappa shape index (κ2) is 8.58. The number of rotatable bonds is 6. The first-order chi connectivity index (χ1) is 10.1. The van der Waals surface area contributed by atoms with Gasteiger partial charge in [-0.15, -0.1) is 0 Å². The fourth-order valence-electron chi connectivity index (χ4n) is 3.60. The zero-order valence-corrected chi connectivity index (χ0v) is 14.2. The van der Waals surface area contributed by atoms with Crippen molar-refractivity contribution in [3.8, 4) is 0 Å². The van der Waals surface area contributed by atoms with E-state index in [1.54, 1.807) is 0 Å². The summed E-state index contributed by atoms with van der Waals surface area (Å²) in [5.41, 5.74) is 2.88. The number of hydrogen-bond donors (Lipinski definition) is 1. The van der Waals surface area contributed by atoms with E-state index in [0.29, 0.717) is 6.04 Å². The number of nitrogens with one attached hydrogen (secondary N) is 1. The SMILES string of the molecule is Cc1ccc(CC(CNC(C)C)C2CCCCCC2)cc1. The van der Waals surface area contributed by atoms with Gasteiger partial charge in [0.2, 0.25) is 0 Å². The van der Waals surface area contributed by atoms with Crippen LogP contribution in [0.2, 0.25) is 0 Å². The van der Waals surface area contributed by atoms with Crippen molar-refractivity contribution >= 4 is 0 Å². The van der Waals surface area contributed by atoms with Gasteiger partial charge in [0.1, 0.15) is 0 Å². The van der Waals surface area contributed by atoms with E-state index in [1.807, 2.05) is 0 Å². The highest BCUT2D eigenvalue weighted by Crippen LogP contribution is 2.31. The minimum absolute atomic E-state index is 0.594. The summed E-state index contributed by atoms with van der Waals surface area (Å²) in [5.74, 6) is 1.72. The molecule has 0 saturated heterocycles. The first-order valence-electron chi connectivity index (χ1n) is 8.94. The number of hydrogen-bond acceptors (Lipinski definition) is 1. The molecule has 1 atom stereocenters. The van der Waals surface area contributed by atoms with Crippen molar-refractivity contribution in [2.24, 2.45) is 11.8 Å². The van der Waals surface area contributed by atoms with Gasteiger partial charge in [-0.05, 0) is 37.3 Å². The Morgan fingerprint density at radius 3 is 2.19 bits per heavy atom. The van der Waals surface area contributed by atoms with Crippen LogP contribution >= 0.6 is 0 Å². The summed E-state index contributed by atoms with van der Waals surface area (Å²) in [5, 5.41) is 3.69. The third-order valence-corrected chi connectivity index (χ3v) is 4.97. The van der Waals surface area contributed by atoms with Crippen molar-refractivity contribution in [3.63, 3.8) is 0 Å². The van der Waals surface area contributed by atoms with Crippen molar-refractivity contribution in [2.75, 3.05) is 6.54 Å². The zero-order chi connectivity index (χ0) is 15.1. The highest BCUT2D eigenvalue weighted by atomic mass is 14.9. The molecule has 1 fully saturated rings. The molecule has 0 amide bonds. The van der Waals surface area contributed by atoms with Crippen LogP contribution in [0.1, 0.15) is 63.5 Å². The van der Waals surface area contributed by atoms with Gasteiger partial charge in [0.25, 0.3) is 0 Å². The predicted molar refractivity (Wildman–Crippen MR) is 92.7 cm³/mol. The van der Waals surface area contributed by atoms with E-state index in [4.69, 9.17) is 0 Å². The van der Waals surface area contributed by atoms with Crippen LogP contribution in [-0.4, -0.2) is 12.6 Å². The minimum Gasteiger partial charge on any atom is -0.314 e. The molecule has 0 aromatic heterocycles. The number of aryl methyl sites for hydroxylation is 1. The molecule has 0 radical (unpaired) electrons. The van der Waals surface area contributed by atoms with Gasteiger partial charge in [-0.2, -0.15) is 0 Å². The van der Waals surface area contributed by atoms with Gasteiger partial charge in [-0.3, -0.25) is 0 Å². The molecule has 1 saturated carbocycles. The maximum atomic E-state index is 3.69. The van der Waals surface area contributed by atoms with Crippen LogP contribution in [0.3, 0.4) is 0 Å². The molecule has 0 heterocycles. The summed E-state index contributed by atoms with van der Waals surface area (Å²) in [7, 11) is 0. The lowest BCUT2D eigenvalue weighted by atomic mass is 9.82. The molecule has 1 aliphatic rings. The third kappa shape index (κ3) is 5.82. The first kappa shape index (κ1) is 16.5. The number of benzene rings is 1. The van der Waals surface area contributed by atoms with Crippen molar-refractivity contribution in [3.05, 3.63) is 35.4 Å².